The predicted octanol–water partition coefficient (Wildman–Crippen LogP) is 7.54. The van der Waals surface area contributed by atoms with Crippen molar-refractivity contribution in [1.29, 1.82) is 0 Å². The van der Waals surface area contributed by atoms with Crippen LogP contribution in [-0.4, -0.2) is 27.8 Å². The Morgan fingerprint density at radius 1 is 0.857 bits per heavy atom. The molecule has 6 rings (SSSR count). The number of fused-ring (bicyclic) bond motifs is 3. The van der Waals surface area contributed by atoms with Gasteiger partial charge in [-0.1, -0.05) is 110 Å². The second kappa shape index (κ2) is 11.3. The number of likely N-dealkylation sites (tertiary alicyclic amines) is 1. The van der Waals surface area contributed by atoms with E-state index >= 15 is 0 Å². The summed E-state index contributed by atoms with van der Waals surface area (Å²) in [6.45, 7) is 10.0. The Kier molecular flexibility index (Phi) is 7.42. The molecular formula is C37H37N3O2. The van der Waals surface area contributed by atoms with Crippen LogP contribution in [0.4, 0.5) is 5.69 Å². The summed E-state index contributed by atoms with van der Waals surface area (Å²) in [6.07, 6.45) is 11.0. The lowest BCUT2D eigenvalue weighted by atomic mass is 9.78. The maximum Gasteiger partial charge on any atom is 0.259 e. The van der Waals surface area contributed by atoms with E-state index in [2.05, 4.69) is 97.2 Å². The van der Waals surface area contributed by atoms with Crippen molar-refractivity contribution < 1.29 is 9.59 Å². The molecule has 2 saturated heterocycles. The first-order chi connectivity index (χ1) is 20.4. The maximum absolute atomic E-state index is 14.6. The predicted molar refractivity (Wildman–Crippen MR) is 168 cm³/mol. The molecule has 5 heteroatoms. The van der Waals surface area contributed by atoms with Gasteiger partial charge in [-0.05, 0) is 55.7 Å². The quantitative estimate of drug-likeness (QED) is 0.223. The second-order valence-electron chi connectivity index (χ2n) is 11.4. The van der Waals surface area contributed by atoms with Crippen LogP contribution >= 0.6 is 0 Å². The highest BCUT2D eigenvalue weighted by molar-refractivity contribution is 6.10. The first-order valence-corrected chi connectivity index (χ1v) is 14.8. The minimum atomic E-state index is -0.678. The van der Waals surface area contributed by atoms with Crippen LogP contribution in [0.15, 0.2) is 127 Å². The summed E-state index contributed by atoms with van der Waals surface area (Å²) in [5.74, 6) is -1.17. The number of imide groups is 1. The molecule has 0 aliphatic carbocycles. The Hall–Kier alpha value is -4.64. The maximum atomic E-state index is 14.6. The number of carbonyl (C=O) groups excluding carboxylic acids is 2. The van der Waals surface area contributed by atoms with Gasteiger partial charge in [-0.15, -0.1) is 0 Å². The summed E-state index contributed by atoms with van der Waals surface area (Å²) >= 11 is 0. The van der Waals surface area contributed by atoms with Gasteiger partial charge in [0.2, 0.25) is 5.91 Å². The number of hydrogen-bond acceptors (Lipinski definition) is 4. The molecule has 3 aliphatic heterocycles. The molecule has 2 fully saturated rings. The highest BCUT2D eigenvalue weighted by atomic mass is 16.2. The number of hydrazine groups is 1. The molecule has 0 N–H and O–H groups in total. The third-order valence-corrected chi connectivity index (χ3v) is 8.58. The Labute approximate surface area is 248 Å². The summed E-state index contributed by atoms with van der Waals surface area (Å²) < 4.78 is 0. The Bertz CT molecular complexity index is 1580. The van der Waals surface area contributed by atoms with Crippen LogP contribution in [0.5, 0.6) is 0 Å². The first kappa shape index (κ1) is 27.5. The minimum absolute atomic E-state index is 0.0169. The van der Waals surface area contributed by atoms with Gasteiger partial charge in [-0.25, -0.2) is 4.90 Å². The standard InChI is InChI=1S/C37H37N3O2/c1-5-7-12-29(11-6-2)38-36(41)34-32(27-19-15-25(3)16-20-27)23-31-24-33(28-21-17-26(4)18-22-28)39(30-13-9-8-10-14-30)40(31)35(34)37(38)42/h6-23,32-35H,2,5,24H2,1,3-4H3. The summed E-state index contributed by atoms with van der Waals surface area (Å²) in [5.41, 5.74) is 7.20. The summed E-state index contributed by atoms with van der Waals surface area (Å²) in [6, 6.07) is 26.5. The molecule has 2 amide bonds. The summed E-state index contributed by atoms with van der Waals surface area (Å²) in [7, 11) is 0. The third kappa shape index (κ3) is 4.69. The smallest absolute Gasteiger partial charge is 0.259 e. The van der Waals surface area contributed by atoms with Gasteiger partial charge >= 0.3 is 0 Å². The number of allylic oxidation sites excluding steroid dienone is 5. The lowest BCUT2D eigenvalue weighted by Gasteiger charge is -2.43. The first-order valence-electron chi connectivity index (χ1n) is 14.8. The summed E-state index contributed by atoms with van der Waals surface area (Å²) in [5, 5.41) is 4.37. The molecule has 0 radical (unpaired) electrons. The van der Waals surface area contributed by atoms with Gasteiger partial charge in [0, 0.05) is 18.0 Å². The van der Waals surface area contributed by atoms with Crippen molar-refractivity contribution in [2.45, 2.75) is 51.6 Å². The van der Waals surface area contributed by atoms with Crippen LogP contribution in [0, 0.1) is 19.8 Å². The normalized spacial score (nSPS) is 23.8. The van der Waals surface area contributed by atoms with Crippen LogP contribution < -0.4 is 5.01 Å². The van der Waals surface area contributed by atoms with E-state index in [1.54, 1.807) is 12.2 Å². The molecular weight excluding hydrogens is 518 g/mol. The van der Waals surface area contributed by atoms with Crippen LogP contribution in [0.1, 0.15) is 54.0 Å². The number of rotatable bonds is 7. The van der Waals surface area contributed by atoms with Gasteiger partial charge in [-0.3, -0.25) is 19.6 Å². The van der Waals surface area contributed by atoms with Gasteiger partial charge in [0.25, 0.3) is 5.91 Å². The van der Waals surface area contributed by atoms with Gasteiger partial charge in [0.05, 0.1) is 23.3 Å². The van der Waals surface area contributed by atoms with Crippen molar-refractivity contribution in [3.63, 3.8) is 0 Å². The zero-order valence-corrected chi connectivity index (χ0v) is 24.5. The largest absolute Gasteiger partial charge is 0.277 e. The van der Waals surface area contributed by atoms with Gasteiger partial charge < -0.3 is 0 Å². The van der Waals surface area contributed by atoms with E-state index in [4.69, 9.17) is 0 Å². The van der Waals surface area contributed by atoms with E-state index in [0.29, 0.717) is 5.70 Å². The molecule has 0 bridgehead atoms. The lowest BCUT2D eigenvalue weighted by Crippen LogP contribution is -2.53. The number of hydrogen-bond donors (Lipinski definition) is 0. The topological polar surface area (TPSA) is 43.9 Å². The monoisotopic (exact) mass is 555 g/mol. The van der Waals surface area contributed by atoms with E-state index in [0.717, 1.165) is 35.4 Å². The Morgan fingerprint density at radius 3 is 2.12 bits per heavy atom. The number of anilines is 1. The van der Waals surface area contributed by atoms with E-state index in [1.165, 1.54) is 16.0 Å². The van der Waals surface area contributed by atoms with Crippen molar-refractivity contribution in [1.82, 2.24) is 9.91 Å². The van der Waals surface area contributed by atoms with Crippen molar-refractivity contribution in [2.75, 3.05) is 5.01 Å². The molecule has 0 aromatic heterocycles. The van der Waals surface area contributed by atoms with Crippen molar-refractivity contribution in [2.24, 2.45) is 5.92 Å². The number of benzene rings is 3. The molecule has 42 heavy (non-hydrogen) atoms. The average molecular weight is 556 g/mol. The van der Waals surface area contributed by atoms with Crippen LogP contribution in [-0.2, 0) is 9.59 Å². The zero-order chi connectivity index (χ0) is 29.4. The van der Waals surface area contributed by atoms with Crippen LogP contribution in [0.2, 0.25) is 0 Å². The minimum Gasteiger partial charge on any atom is -0.277 e. The molecule has 4 atom stereocenters. The fourth-order valence-electron chi connectivity index (χ4n) is 6.56. The molecule has 0 spiro atoms. The molecule has 212 valence electrons. The van der Waals surface area contributed by atoms with Crippen molar-refractivity contribution in [3.8, 4) is 0 Å². The number of nitrogens with zero attached hydrogens (tertiary/aromatic N) is 3. The number of aryl methyl sites for hydroxylation is 2. The average Bonchev–Trinajstić information content (AvgIpc) is 3.51. The fourth-order valence-corrected chi connectivity index (χ4v) is 6.56. The zero-order valence-electron chi connectivity index (χ0n) is 24.5. The lowest BCUT2D eigenvalue weighted by molar-refractivity contribution is -0.137. The third-order valence-electron chi connectivity index (χ3n) is 8.58. The van der Waals surface area contributed by atoms with E-state index in [1.807, 2.05) is 37.3 Å². The molecule has 3 aromatic carbocycles. The fraction of sp³-hybridized carbons (Fsp3) is 0.243. The Balaban J connectivity index is 1.54. The van der Waals surface area contributed by atoms with E-state index in [9.17, 15) is 9.59 Å². The molecule has 4 unspecified atom stereocenters. The Morgan fingerprint density at radius 2 is 1.50 bits per heavy atom. The second-order valence-corrected chi connectivity index (χ2v) is 11.4. The van der Waals surface area contributed by atoms with Gasteiger partial charge in [-0.2, -0.15) is 0 Å². The van der Waals surface area contributed by atoms with Gasteiger partial charge in [0.1, 0.15) is 6.04 Å². The van der Waals surface area contributed by atoms with Crippen LogP contribution in [0.25, 0.3) is 0 Å². The number of carbonyl (C=O) groups is 2. The molecule has 3 heterocycles. The van der Waals surface area contributed by atoms with E-state index in [-0.39, 0.29) is 23.8 Å². The van der Waals surface area contributed by atoms with Crippen molar-refractivity contribution in [3.05, 3.63) is 149 Å². The van der Waals surface area contributed by atoms with E-state index < -0.39 is 12.0 Å². The SMILES string of the molecule is C=CC=C(C=CCC)N1C(=O)C2C(c3ccc(C)cc3)C=C3CC(c4ccc(C)cc4)N(c4ccccc4)N3C2C1=O. The van der Waals surface area contributed by atoms with Crippen LogP contribution in [0.3, 0.4) is 0 Å². The number of amides is 2. The number of para-hydroxylation sites is 1. The summed E-state index contributed by atoms with van der Waals surface area (Å²) in [4.78, 5) is 30.4. The van der Waals surface area contributed by atoms with Gasteiger partial charge in [0.15, 0.2) is 0 Å². The van der Waals surface area contributed by atoms with Crippen molar-refractivity contribution >= 4 is 17.5 Å². The highest BCUT2D eigenvalue weighted by Crippen LogP contribution is 2.52. The molecule has 3 aliphatic rings. The highest BCUT2D eigenvalue weighted by Gasteiger charge is 2.60. The molecule has 5 nitrogen and oxygen atoms in total. The molecule has 0 saturated carbocycles. The molecule has 3 aromatic rings.